The maximum Gasteiger partial charge on any atom is 0.416 e. The number of halogens is 5. The zero-order valence-electron chi connectivity index (χ0n) is 20.0. The minimum absolute atomic E-state index is 0.0981. The van der Waals surface area contributed by atoms with Crippen LogP contribution in [0.25, 0.3) is 11.6 Å². The Kier molecular flexibility index (Phi) is 7.72. The van der Waals surface area contributed by atoms with E-state index in [9.17, 15) is 26.0 Å². The zero-order chi connectivity index (χ0) is 27.7. The van der Waals surface area contributed by atoms with Crippen LogP contribution in [0.5, 0.6) is 5.75 Å². The van der Waals surface area contributed by atoms with Crippen LogP contribution < -0.4 is 9.04 Å². The van der Waals surface area contributed by atoms with Crippen molar-refractivity contribution in [3.63, 3.8) is 0 Å². The van der Waals surface area contributed by atoms with Crippen molar-refractivity contribution in [3.05, 3.63) is 88.2 Å². The summed E-state index contributed by atoms with van der Waals surface area (Å²) in [6.07, 6.45) is -3.49. The summed E-state index contributed by atoms with van der Waals surface area (Å²) in [5, 5.41) is 9.17. The third kappa shape index (κ3) is 5.64. The molecule has 3 aromatic rings. The van der Waals surface area contributed by atoms with E-state index in [-0.39, 0.29) is 41.4 Å². The number of fused-ring (bicyclic) bond motifs is 1. The highest BCUT2D eigenvalue weighted by atomic mass is 35.5. The summed E-state index contributed by atoms with van der Waals surface area (Å²) in [5.41, 5.74) is 0.167. The molecule has 0 saturated heterocycles. The molecule has 0 amide bonds. The van der Waals surface area contributed by atoms with Crippen molar-refractivity contribution in [2.24, 2.45) is 0 Å². The Morgan fingerprint density at radius 1 is 1.18 bits per heavy atom. The molecule has 0 bridgehead atoms. The van der Waals surface area contributed by atoms with Crippen molar-refractivity contribution >= 4 is 39.0 Å². The van der Waals surface area contributed by atoms with Gasteiger partial charge >= 0.3 is 6.18 Å². The van der Waals surface area contributed by atoms with Crippen molar-refractivity contribution < 1.29 is 30.7 Å². The van der Waals surface area contributed by atoms with Gasteiger partial charge in [-0.2, -0.15) is 18.4 Å². The molecule has 0 fully saturated rings. The van der Waals surface area contributed by atoms with Crippen LogP contribution >= 0.6 is 11.6 Å². The lowest BCUT2D eigenvalue weighted by atomic mass is 10.0. The Labute approximate surface area is 222 Å². The Morgan fingerprint density at radius 3 is 2.61 bits per heavy atom. The van der Waals surface area contributed by atoms with Crippen LogP contribution in [0.15, 0.2) is 65.6 Å². The van der Waals surface area contributed by atoms with Gasteiger partial charge in [0.25, 0.3) is 10.0 Å². The normalized spacial score (nSPS) is 16.0. The molecule has 11 heteroatoms. The van der Waals surface area contributed by atoms with Gasteiger partial charge in [-0.25, -0.2) is 12.8 Å². The number of rotatable bonds is 6. The molecule has 0 spiro atoms. The largest absolute Gasteiger partial charge is 0.486 e. The molecule has 0 unspecified atom stereocenters. The van der Waals surface area contributed by atoms with Crippen LogP contribution in [0, 0.1) is 17.1 Å². The maximum atomic E-state index is 14.4. The predicted molar refractivity (Wildman–Crippen MR) is 137 cm³/mol. The minimum Gasteiger partial charge on any atom is -0.486 e. The Balaban J connectivity index is 1.81. The van der Waals surface area contributed by atoms with Gasteiger partial charge in [-0.05, 0) is 66.9 Å². The Hall–Kier alpha value is -3.55. The standard InChI is InChI=1S/C27H21ClF4N2O3S/c1-17(26-22(28)8-3-9-23(26)29)13-18-10-11-25-24(14-18)34(16-20(37-25)6-4-12-33)38(35,36)21-7-2-5-19(15-21)27(30,31)32/h2-3,5,7-11,13-15,20H,4,6,16H2,1H3/b17-13+/t20-/m1/s1. The summed E-state index contributed by atoms with van der Waals surface area (Å²) in [4.78, 5) is -0.533. The Morgan fingerprint density at radius 2 is 1.92 bits per heavy atom. The first-order chi connectivity index (χ1) is 17.9. The van der Waals surface area contributed by atoms with Gasteiger partial charge in [0.2, 0.25) is 0 Å². The second-order valence-electron chi connectivity index (χ2n) is 8.65. The van der Waals surface area contributed by atoms with Crippen LogP contribution in [0.3, 0.4) is 0 Å². The molecular weight excluding hydrogens is 544 g/mol. The fourth-order valence-electron chi connectivity index (χ4n) is 4.18. The number of ether oxygens (including phenoxy) is 1. The van der Waals surface area contributed by atoms with Crippen molar-refractivity contribution in [3.8, 4) is 11.8 Å². The zero-order valence-corrected chi connectivity index (χ0v) is 21.5. The SMILES string of the molecule is C/C(=C\c1ccc2c(c1)N(S(=O)(=O)c1cccc(C(F)(F)F)c1)C[C@@H](CCC#N)O2)c1c(F)cccc1Cl. The molecule has 3 aromatic carbocycles. The van der Waals surface area contributed by atoms with Crippen molar-refractivity contribution in [2.45, 2.75) is 36.9 Å². The first-order valence-electron chi connectivity index (χ1n) is 11.4. The molecule has 1 heterocycles. The van der Waals surface area contributed by atoms with Gasteiger partial charge < -0.3 is 4.74 Å². The molecule has 1 aliphatic heterocycles. The highest BCUT2D eigenvalue weighted by molar-refractivity contribution is 7.92. The fraction of sp³-hybridized carbons (Fsp3) is 0.222. The quantitative estimate of drug-likeness (QED) is 0.232. The molecule has 1 atom stereocenters. The van der Waals surface area contributed by atoms with Gasteiger partial charge in [0, 0.05) is 12.0 Å². The molecule has 0 aliphatic carbocycles. The monoisotopic (exact) mass is 564 g/mol. The molecule has 0 saturated carbocycles. The van der Waals surface area contributed by atoms with E-state index in [0.29, 0.717) is 17.2 Å². The van der Waals surface area contributed by atoms with E-state index < -0.39 is 38.6 Å². The molecule has 0 N–H and O–H groups in total. The molecule has 5 nitrogen and oxygen atoms in total. The number of sulfonamides is 1. The molecule has 38 heavy (non-hydrogen) atoms. The lowest BCUT2D eigenvalue weighted by molar-refractivity contribution is -0.137. The smallest absolute Gasteiger partial charge is 0.416 e. The van der Waals surface area contributed by atoms with Crippen molar-refractivity contribution in [1.82, 2.24) is 0 Å². The fourth-order valence-corrected chi connectivity index (χ4v) is 6.04. The predicted octanol–water partition coefficient (Wildman–Crippen LogP) is 7.32. The summed E-state index contributed by atoms with van der Waals surface area (Å²) in [5.74, 6) is -0.338. The first-order valence-corrected chi connectivity index (χ1v) is 13.2. The number of hydrogen-bond acceptors (Lipinski definition) is 4. The number of hydrogen-bond donors (Lipinski definition) is 0. The van der Waals surface area contributed by atoms with Crippen LogP contribution in [0.1, 0.15) is 36.5 Å². The lowest BCUT2D eigenvalue weighted by Crippen LogP contribution is -2.43. The molecule has 0 radical (unpaired) electrons. The third-order valence-corrected chi connectivity index (χ3v) is 8.07. The van der Waals surface area contributed by atoms with Crippen LogP contribution in [0.4, 0.5) is 23.2 Å². The number of benzene rings is 3. The van der Waals surface area contributed by atoms with Crippen LogP contribution in [-0.4, -0.2) is 21.1 Å². The Bertz CT molecular complexity index is 1530. The lowest BCUT2D eigenvalue weighted by Gasteiger charge is -2.35. The summed E-state index contributed by atoms with van der Waals surface area (Å²) >= 11 is 6.17. The molecular formula is C27H21ClF4N2O3S. The second kappa shape index (κ2) is 10.7. The molecule has 1 aliphatic rings. The van der Waals surface area contributed by atoms with Gasteiger partial charge in [-0.3, -0.25) is 4.31 Å². The number of alkyl halides is 3. The average molecular weight is 565 g/mol. The summed E-state index contributed by atoms with van der Waals surface area (Å²) in [6, 6.07) is 14.4. The number of nitrogens with zero attached hydrogens (tertiary/aromatic N) is 2. The summed E-state index contributed by atoms with van der Waals surface area (Å²) in [6.45, 7) is 1.44. The molecule has 0 aromatic heterocycles. The van der Waals surface area contributed by atoms with E-state index in [1.165, 1.54) is 24.3 Å². The molecule has 198 valence electrons. The van der Waals surface area contributed by atoms with Gasteiger partial charge in [-0.1, -0.05) is 35.9 Å². The van der Waals surface area contributed by atoms with E-state index in [1.54, 1.807) is 25.1 Å². The van der Waals surface area contributed by atoms with E-state index in [4.69, 9.17) is 21.6 Å². The van der Waals surface area contributed by atoms with Gasteiger partial charge in [0.1, 0.15) is 17.7 Å². The third-order valence-electron chi connectivity index (χ3n) is 5.98. The second-order valence-corrected chi connectivity index (χ2v) is 10.9. The van der Waals surface area contributed by atoms with E-state index in [0.717, 1.165) is 22.5 Å². The number of anilines is 1. The maximum absolute atomic E-state index is 14.4. The van der Waals surface area contributed by atoms with E-state index in [1.807, 2.05) is 6.07 Å². The van der Waals surface area contributed by atoms with Crippen molar-refractivity contribution in [1.29, 1.82) is 5.26 Å². The van der Waals surface area contributed by atoms with Crippen molar-refractivity contribution in [2.75, 3.05) is 10.8 Å². The topological polar surface area (TPSA) is 70.4 Å². The highest BCUT2D eigenvalue weighted by Crippen LogP contribution is 2.40. The van der Waals surface area contributed by atoms with Crippen LogP contribution in [0.2, 0.25) is 5.02 Å². The molecule has 4 rings (SSSR count). The number of nitriles is 1. The first kappa shape index (κ1) is 27.5. The van der Waals surface area contributed by atoms with Crippen LogP contribution in [-0.2, 0) is 16.2 Å². The summed E-state index contributed by atoms with van der Waals surface area (Å²) < 4.78 is 88.5. The van der Waals surface area contributed by atoms with Gasteiger partial charge in [0.15, 0.2) is 0 Å². The van der Waals surface area contributed by atoms with E-state index in [2.05, 4.69) is 0 Å². The number of allylic oxidation sites excluding steroid dienone is 1. The minimum atomic E-state index is -4.73. The van der Waals surface area contributed by atoms with E-state index >= 15 is 0 Å². The summed E-state index contributed by atoms with van der Waals surface area (Å²) in [7, 11) is -4.46. The van der Waals surface area contributed by atoms with Gasteiger partial charge in [-0.15, -0.1) is 0 Å². The van der Waals surface area contributed by atoms with Gasteiger partial charge in [0.05, 0.1) is 33.8 Å². The highest BCUT2D eigenvalue weighted by Gasteiger charge is 2.37. The average Bonchev–Trinajstić information content (AvgIpc) is 2.86.